The quantitative estimate of drug-likeness (QED) is 0.914. The van der Waals surface area contributed by atoms with Gasteiger partial charge < -0.3 is 10.5 Å². The van der Waals surface area contributed by atoms with E-state index in [1.54, 1.807) is 12.4 Å². The third-order valence-corrected chi connectivity index (χ3v) is 3.14. The van der Waals surface area contributed by atoms with Crippen LogP contribution < -0.4 is 10.5 Å². The van der Waals surface area contributed by atoms with Crippen molar-refractivity contribution in [2.75, 3.05) is 0 Å². The molecule has 0 bridgehead atoms. The largest absolute Gasteiger partial charge is 0.436 e. The number of nitrogens with zero attached hydrogens (tertiary/aromatic N) is 2. The van der Waals surface area contributed by atoms with Crippen LogP contribution in [0.5, 0.6) is 11.6 Å². The van der Waals surface area contributed by atoms with E-state index >= 15 is 0 Å². The number of halogens is 2. The summed E-state index contributed by atoms with van der Waals surface area (Å²) in [4.78, 5) is 8.21. The maximum absolute atomic E-state index is 5.66. The number of hydrogen-bond acceptors (Lipinski definition) is 4. The number of hydrogen-bond donors (Lipinski definition) is 1. The molecule has 0 aliphatic heterocycles. The zero-order valence-electron chi connectivity index (χ0n) is 8.73. The Labute approximate surface area is 115 Å². The van der Waals surface area contributed by atoms with Crippen LogP contribution in [0.2, 0.25) is 0 Å². The number of nitrogens with two attached hydrogens (primary N) is 1. The second kappa shape index (κ2) is 5.57. The highest BCUT2D eigenvalue weighted by molar-refractivity contribution is 9.11. The van der Waals surface area contributed by atoms with Crippen LogP contribution in [-0.4, -0.2) is 9.97 Å². The SMILES string of the molecule is NCc1nccnc1Oc1ccc(Br)cc1Br. The van der Waals surface area contributed by atoms with Crippen molar-refractivity contribution < 1.29 is 4.74 Å². The normalized spacial score (nSPS) is 10.3. The lowest BCUT2D eigenvalue weighted by Gasteiger charge is -2.09. The van der Waals surface area contributed by atoms with Crippen molar-refractivity contribution in [2.24, 2.45) is 5.73 Å². The molecule has 1 heterocycles. The highest BCUT2D eigenvalue weighted by Crippen LogP contribution is 2.31. The topological polar surface area (TPSA) is 61.0 Å². The Morgan fingerprint density at radius 1 is 1.18 bits per heavy atom. The van der Waals surface area contributed by atoms with Crippen LogP contribution in [0.1, 0.15) is 5.69 Å². The summed E-state index contributed by atoms with van der Waals surface area (Å²) in [5, 5.41) is 0. The Morgan fingerprint density at radius 2 is 1.94 bits per heavy atom. The molecule has 4 nitrogen and oxygen atoms in total. The van der Waals surface area contributed by atoms with Crippen LogP contribution in [0, 0.1) is 0 Å². The molecule has 0 aliphatic rings. The van der Waals surface area contributed by atoms with Crippen molar-refractivity contribution in [1.82, 2.24) is 9.97 Å². The van der Waals surface area contributed by atoms with Crippen LogP contribution in [0.3, 0.4) is 0 Å². The van der Waals surface area contributed by atoms with Crippen molar-refractivity contribution in [2.45, 2.75) is 6.54 Å². The molecular weight excluding hydrogens is 350 g/mol. The number of benzene rings is 1. The number of aromatic nitrogens is 2. The van der Waals surface area contributed by atoms with Crippen LogP contribution in [-0.2, 0) is 6.54 Å². The molecule has 1 aromatic heterocycles. The van der Waals surface area contributed by atoms with E-state index in [0.29, 0.717) is 17.3 Å². The first-order valence-corrected chi connectivity index (χ1v) is 6.42. The molecule has 0 amide bonds. The summed E-state index contributed by atoms with van der Waals surface area (Å²) in [5.74, 6) is 1.10. The second-order valence-corrected chi connectivity index (χ2v) is 4.96. The molecule has 88 valence electrons. The number of ether oxygens (including phenoxy) is 1. The Hall–Kier alpha value is -0.980. The van der Waals surface area contributed by atoms with Gasteiger partial charge in [-0.1, -0.05) is 15.9 Å². The van der Waals surface area contributed by atoms with E-state index in [2.05, 4.69) is 41.8 Å². The summed E-state index contributed by atoms with van der Waals surface area (Å²) in [6.45, 7) is 0.289. The standard InChI is InChI=1S/C11H9Br2N3O/c12-7-1-2-10(8(13)5-7)17-11-9(6-14)15-3-4-16-11/h1-5H,6,14H2. The summed E-state index contributed by atoms with van der Waals surface area (Å²) >= 11 is 6.79. The van der Waals surface area contributed by atoms with Gasteiger partial charge in [0.2, 0.25) is 5.88 Å². The van der Waals surface area contributed by atoms with Gasteiger partial charge in [0.15, 0.2) is 0 Å². The van der Waals surface area contributed by atoms with Gasteiger partial charge in [0.05, 0.1) is 4.47 Å². The second-order valence-electron chi connectivity index (χ2n) is 3.19. The zero-order chi connectivity index (χ0) is 12.3. The van der Waals surface area contributed by atoms with Gasteiger partial charge in [0, 0.05) is 23.4 Å². The smallest absolute Gasteiger partial charge is 0.242 e. The first-order valence-electron chi connectivity index (χ1n) is 4.83. The van der Waals surface area contributed by atoms with Gasteiger partial charge in [-0.3, -0.25) is 4.98 Å². The zero-order valence-corrected chi connectivity index (χ0v) is 11.9. The van der Waals surface area contributed by atoms with Gasteiger partial charge >= 0.3 is 0 Å². The predicted molar refractivity (Wildman–Crippen MR) is 71.8 cm³/mol. The Balaban J connectivity index is 2.31. The van der Waals surface area contributed by atoms with E-state index in [-0.39, 0.29) is 6.54 Å². The van der Waals surface area contributed by atoms with E-state index < -0.39 is 0 Å². The van der Waals surface area contributed by atoms with Crippen molar-refractivity contribution in [3.8, 4) is 11.6 Å². The average molecular weight is 359 g/mol. The fraction of sp³-hybridized carbons (Fsp3) is 0.0909. The van der Waals surface area contributed by atoms with E-state index in [0.717, 1.165) is 8.95 Å². The maximum atomic E-state index is 5.66. The molecule has 6 heteroatoms. The van der Waals surface area contributed by atoms with E-state index in [1.807, 2.05) is 18.2 Å². The third kappa shape index (κ3) is 3.02. The lowest BCUT2D eigenvalue weighted by Crippen LogP contribution is -2.03. The fourth-order valence-corrected chi connectivity index (χ4v) is 2.37. The molecule has 0 atom stereocenters. The molecule has 2 N–H and O–H groups in total. The maximum Gasteiger partial charge on any atom is 0.242 e. The van der Waals surface area contributed by atoms with Gasteiger partial charge in [-0.25, -0.2) is 4.98 Å². The Bertz CT molecular complexity index is 534. The monoisotopic (exact) mass is 357 g/mol. The van der Waals surface area contributed by atoms with E-state index in [4.69, 9.17) is 10.5 Å². The molecule has 0 unspecified atom stereocenters. The van der Waals surface area contributed by atoms with Crippen molar-refractivity contribution >= 4 is 31.9 Å². The van der Waals surface area contributed by atoms with Crippen molar-refractivity contribution in [3.63, 3.8) is 0 Å². The van der Waals surface area contributed by atoms with Gasteiger partial charge in [-0.05, 0) is 34.1 Å². The summed E-state index contributed by atoms with van der Waals surface area (Å²) in [6.07, 6.45) is 3.16. The molecule has 17 heavy (non-hydrogen) atoms. The van der Waals surface area contributed by atoms with Crippen molar-refractivity contribution in [3.05, 3.63) is 45.2 Å². The molecule has 1 aromatic carbocycles. The molecule has 0 spiro atoms. The highest BCUT2D eigenvalue weighted by Gasteiger charge is 2.08. The average Bonchev–Trinajstić information content (AvgIpc) is 2.33. The molecular formula is C11H9Br2N3O. The van der Waals surface area contributed by atoms with E-state index in [1.165, 1.54) is 0 Å². The lowest BCUT2D eigenvalue weighted by atomic mass is 10.3. The van der Waals surface area contributed by atoms with Crippen LogP contribution in [0.4, 0.5) is 0 Å². The Kier molecular flexibility index (Phi) is 4.09. The summed E-state index contributed by atoms with van der Waals surface area (Å²) < 4.78 is 7.47. The third-order valence-electron chi connectivity index (χ3n) is 2.03. The molecule has 0 saturated carbocycles. The van der Waals surface area contributed by atoms with Gasteiger partial charge in [0.1, 0.15) is 11.4 Å². The minimum atomic E-state index is 0.289. The summed E-state index contributed by atoms with van der Waals surface area (Å²) in [7, 11) is 0. The van der Waals surface area contributed by atoms with Gasteiger partial charge in [0.25, 0.3) is 0 Å². The van der Waals surface area contributed by atoms with Gasteiger partial charge in [-0.2, -0.15) is 0 Å². The molecule has 0 saturated heterocycles. The van der Waals surface area contributed by atoms with Crippen LogP contribution in [0.25, 0.3) is 0 Å². The van der Waals surface area contributed by atoms with Gasteiger partial charge in [-0.15, -0.1) is 0 Å². The Morgan fingerprint density at radius 3 is 2.65 bits per heavy atom. The minimum Gasteiger partial charge on any atom is -0.436 e. The molecule has 0 radical (unpaired) electrons. The van der Waals surface area contributed by atoms with Crippen LogP contribution >= 0.6 is 31.9 Å². The summed E-state index contributed by atoms with van der Waals surface area (Å²) in [5.41, 5.74) is 6.19. The molecule has 0 aliphatic carbocycles. The predicted octanol–water partition coefficient (Wildman–Crippen LogP) is 3.25. The first kappa shape index (κ1) is 12.5. The molecule has 2 rings (SSSR count). The van der Waals surface area contributed by atoms with E-state index in [9.17, 15) is 0 Å². The van der Waals surface area contributed by atoms with Crippen LogP contribution in [0.15, 0.2) is 39.5 Å². The van der Waals surface area contributed by atoms with Crippen molar-refractivity contribution in [1.29, 1.82) is 0 Å². The first-order chi connectivity index (χ1) is 8.20. The highest BCUT2D eigenvalue weighted by atomic mass is 79.9. The lowest BCUT2D eigenvalue weighted by molar-refractivity contribution is 0.449. The summed E-state index contributed by atoms with van der Waals surface area (Å²) in [6, 6.07) is 5.62. The molecule has 0 fully saturated rings. The minimum absolute atomic E-state index is 0.289. The number of rotatable bonds is 3. The fourth-order valence-electron chi connectivity index (χ4n) is 1.24. The molecule has 2 aromatic rings.